The SMILES string of the molecule is O=C(Cn1ccn2nccc2c1=O)NCc1ccc(Cl)cc1. The predicted octanol–water partition coefficient (Wildman–Crippen LogP) is 1.47. The van der Waals surface area contributed by atoms with Gasteiger partial charge < -0.3 is 9.88 Å². The number of hydrogen-bond acceptors (Lipinski definition) is 3. The monoisotopic (exact) mass is 316 g/mol. The number of nitrogens with one attached hydrogen (secondary N) is 1. The Hall–Kier alpha value is -2.60. The van der Waals surface area contributed by atoms with Crippen LogP contribution in [-0.4, -0.2) is 20.1 Å². The molecule has 2 heterocycles. The van der Waals surface area contributed by atoms with Gasteiger partial charge in [-0.25, -0.2) is 4.52 Å². The van der Waals surface area contributed by atoms with E-state index in [2.05, 4.69) is 10.4 Å². The highest BCUT2D eigenvalue weighted by Gasteiger charge is 2.07. The second-order valence-electron chi connectivity index (χ2n) is 4.80. The minimum Gasteiger partial charge on any atom is -0.350 e. The van der Waals surface area contributed by atoms with E-state index in [1.165, 1.54) is 9.08 Å². The second-order valence-corrected chi connectivity index (χ2v) is 5.23. The summed E-state index contributed by atoms with van der Waals surface area (Å²) in [5.74, 6) is -0.235. The summed E-state index contributed by atoms with van der Waals surface area (Å²) >= 11 is 5.80. The molecule has 0 fully saturated rings. The first-order valence-electron chi connectivity index (χ1n) is 6.67. The first-order chi connectivity index (χ1) is 10.6. The highest BCUT2D eigenvalue weighted by atomic mass is 35.5. The molecule has 1 N–H and O–H groups in total. The molecular formula is C15H13ClN4O2. The van der Waals surface area contributed by atoms with Crippen LogP contribution < -0.4 is 10.9 Å². The first kappa shape index (κ1) is 14.3. The van der Waals surface area contributed by atoms with Gasteiger partial charge in [0, 0.05) is 24.0 Å². The van der Waals surface area contributed by atoms with Gasteiger partial charge >= 0.3 is 0 Å². The van der Waals surface area contributed by atoms with Gasteiger partial charge in [-0.05, 0) is 23.8 Å². The molecule has 112 valence electrons. The summed E-state index contributed by atoms with van der Waals surface area (Å²) < 4.78 is 2.83. The molecule has 0 saturated heterocycles. The van der Waals surface area contributed by atoms with Crippen molar-refractivity contribution in [1.29, 1.82) is 0 Å². The molecule has 0 aliphatic rings. The number of benzene rings is 1. The van der Waals surface area contributed by atoms with Crippen LogP contribution >= 0.6 is 11.6 Å². The van der Waals surface area contributed by atoms with Crippen molar-refractivity contribution < 1.29 is 4.79 Å². The highest BCUT2D eigenvalue weighted by Crippen LogP contribution is 2.09. The van der Waals surface area contributed by atoms with Crippen LogP contribution in [0.1, 0.15) is 5.56 Å². The first-order valence-corrected chi connectivity index (χ1v) is 7.05. The number of amides is 1. The fraction of sp³-hybridized carbons (Fsp3) is 0.133. The molecule has 0 spiro atoms. The van der Waals surface area contributed by atoms with E-state index in [4.69, 9.17) is 11.6 Å². The molecule has 0 aliphatic heterocycles. The van der Waals surface area contributed by atoms with Crippen molar-refractivity contribution in [1.82, 2.24) is 19.5 Å². The average Bonchev–Trinajstić information content (AvgIpc) is 2.99. The molecule has 0 atom stereocenters. The number of rotatable bonds is 4. The van der Waals surface area contributed by atoms with Gasteiger partial charge in [0.1, 0.15) is 12.1 Å². The minimum absolute atomic E-state index is 0.0336. The van der Waals surface area contributed by atoms with Gasteiger partial charge in [-0.3, -0.25) is 9.59 Å². The van der Waals surface area contributed by atoms with E-state index in [-0.39, 0.29) is 18.0 Å². The summed E-state index contributed by atoms with van der Waals surface area (Å²) in [6, 6.07) is 8.83. The standard InChI is InChI=1S/C15H13ClN4O2/c16-12-3-1-11(2-4-12)9-17-14(21)10-19-7-8-20-13(15(19)22)5-6-18-20/h1-8H,9-10H2,(H,17,21). The Morgan fingerprint density at radius 2 is 1.95 bits per heavy atom. The molecule has 2 aromatic heterocycles. The van der Waals surface area contributed by atoms with Gasteiger partial charge in [-0.15, -0.1) is 0 Å². The van der Waals surface area contributed by atoms with Crippen LogP contribution in [0.25, 0.3) is 5.52 Å². The number of nitrogens with zero attached hydrogens (tertiary/aromatic N) is 3. The number of aromatic nitrogens is 3. The minimum atomic E-state index is -0.248. The van der Waals surface area contributed by atoms with Crippen molar-refractivity contribution in [2.75, 3.05) is 0 Å². The quantitative estimate of drug-likeness (QED) is 0.792. The lowest BCUT2D eigenvalue weighted by molar-refractivity contribution is -0.121. The van der Waals surface area contributed by atoms with Crippen LogP contribution in [0.4, 0.5) is 0 Å². The predicted molar refractivity (Wildman–Crippen MR) is 82.8 cm³/mol. The maximum absolute atomic E-state index is 12.1. The van der Waals surface area contributed by atoms with Crippen molar-refractivity contribution in [3.8, 4) is 0 Å². The lowest BCUT2D eigenvalue weighted by Gasteiger charge is -2.08. The molecule has 1 aromatic carbocycles. The smallest absolute Gasteiger partial charge is 0.277 e. The number of hydrogen-bond donors (Lipinski definition) is 1. The third kappa shape index (κ3) is 3.01. The van der Waals surface area contributed by atoms with Crippen LogP contribution in [0.3, 0.4) is 0 Å². The zero-order valence-electron chi connectivity index (χ0n) is 11.6. The second kappa shape index (κ2) is 6.03. The van der Waals surface area contributed by atoms with Crippen molar-refractivity contribution in [2.45, 2.75) is 13.1 Å². The summed E-state index contributed by atoms with van der Waals surface area (Å²) in [4.78, 5) is 24.1. The van der Waals surface area contributed by atoms with Crippen molar-refractivity contribution in [2.24, 2.45) is 0 Å². The highest BCUT2D eigenvalue weighted by molar-refractivity contribution is 6.30. The molecule has 0 bridgehead atoms. The molecule has 0 saturated carbocycles. The molecule has 0 aliphatic carbocycles. The zero-order valence-corrected chi connectivity index (χ0v) is 12.3. The van der Waals surface area contributed by atoms with E-state index in [0.717, 1.165) is 5.56 Å². The number of carbonyl (C=O) groups is 1. The van der Waals surface area contributed by atoms with Gasteiger partial charge in [-0.2, -0.15) is 5.10 Å². The molecule has 3 rings (SSSR count). The zero-order chi connectivity index (χ0) is 15.5. The van der Waals surface area contributed by atoms with E-state index in [9.17, 15) is 9.59 Å². The normalized spacial score (nSPS) is 10.8. The third-order valence-electron chi connectivity index (χ3n) is 3.25. The summed E-state index contributed by atoms with van der Waals surface area (Å²) in [5, 5.41) is 7.40. The Kier molecular flexibility index (Phi) is 3.93. The van der Waals surface area contributed by atoms with E-state index in [0.29, 0.717) is 17.1 Å². The Bertz CT molecular complexity index is 867. The third-order valence-corrected chi connectivity index (χ3v) is 3.51. The van der Waals surface area contributed by atoms with Gasteiger partial charge in [0.25, 0.3) is 5.56 Å². The topological polar surface area (TPSA) is 68.4 Å². The fourth-order valence-electron chi connectivity index (χ4n) is 2.10. The Balaban J connectivity index is 1.66. The average molecular weight is 317 g/mol. The largest absolute Gasteiger partial charge is 0.350 e. The molecule has 1 amide bonds. The van der Waals surface area contributed by atoms with E-state index >= 15 is 0 Å². The Morgan fingerprint density at radius 1 is 1.18 bits per heavy atom. The summed E-state index contributed by atoms with van der Waals surface area (Å²) in [6.45, 7) is 0.355. The number of halogens is 1. The fourth-order valence-corrected chi connectivity index (χ4v) is 2.22. The van der Waals surface area contributed by atoms with Gasteiger partial charge in [0.2, 0.25) is 5.91 Å². The van der Waals surface area contributed by atoms with Gasteiger partial charge in [0.05, 0.1) is 6.20 Å². The molecule has 22 heavy (non-hydrogen) atoms. The van der Waals surface area contributed by atoms with Crippen molar-refractivity contribution in [3.05, 3.63) is 69.9 Å². The van der Waals surface area contributed by atoms with Crippen LogP contribution in [-0.2, 0) is 17.9 Å². The molecule has 0 radical (unpaired) electrons. The van der Waals surface area contributed by atoms with E-state index < -0.39 is 0 Å². The Labute approximate surface area is 130 Å². The molecule has 3 aromatic rings. The maximum atomic E-state index is 12.1. The van der Waals surface area contributed by atoms with Gasteiger partial charge in [0.15, 0.2) is 0 Å². The van der Waals surface area contributed by atoms with Crippen LogP contribution in [0.15, 0.2) is 53.7 Å². The van der Waals surface area contributed by atoms with E-state index in [1.54, 1.807) is 36.8 Å². The summed E-state index contributed by atoms with van der Waals surface area (Å²) in [7, 11) is 0. The Morgan fingerprint density at radius 3 is 2.73 bits per heavy atom. The van der Waals surface area contributed by atoms with Crippen LogP contribution in [0.2, 0.25) is 5.02 Å². The molecule has 0 unspecified atom stereocenters. The molecule has 7 heteroatoms. The van der Waals surface area contributed by atoms with Crippen molar-refractivity contribution >= 4 is 23.0 Å². The lowest BCUT2D eigenvalue weighted by atomic mass is 10.2. The lowest BCUT2D eigenvalue weighted by Crippen LogP contribution is -2.32. The summed E-state index contributed by atoms with van der Waals surface area (Å²) in [6.07, 6.45) is 4.73. The number of fused-ring (bicyclic) bond motifs is 1. The van der Waals surface area contributed by atoms with Crippen molar-refractivity contribution in [3.63, 3.8) is 0 Å². The van der Waals surface area contributed by atoms with Crippen LogP contribution in [0, 0.1) is 0 Å². The van der Waals surface area contributed by atoms with E-state index in [1.807, 2.05) is 12.1 Å². The van der Waals surface area contributed by atoms with Gasteiger partial charge in [-0.1, -0.05) is 23.7 Å². The number of carbonyl (C=O) groups excluding carboxylic acids is 1. The summed E-state index contributed by atoms with van der Waals surface area (Å²) in [5.41, 5.74) is 1.13. The maximum Gasteiger partial charge on any atom is 0.277 e. The molecular weight excluding hydrogens is 304 g/mol. The van der Waals surface area contributed by atoms with Crippen LogP contribution in [0.5, 0.6) is 0 Å². The molecule has 6 nitrogen and oxygen atoms in total.